The van der Waals surface area contributed by atoms with Crippen molar-refractivity contribution in [1.82, 2.24) is 10.3 Å². The van der Waals surface area contributed by atoms with E-state index in [0.717, 1.165) is 25.9 Å². The van der Waals surface area contributed by atoms with E-state index in [4.69, 9.17) is 4.42 Å². The van der Waals surface area contributed by atoms with Gasteiger partial charge in [-0.15, -0.1) is 12.4 Å². The summed E-state index contributed by atoms with van der Waals surface area (Å²) in [5.74, 6) is -0.399. The maximum Gasteiger partial charge on any atom is 0.417 e. The van der Waals surface area contributed by atoms with E-state index in [0.29, 0.717) is 16.8 Å². The number of anilines is 1. The van der Waals surface area contributed by atoms with Crippen molar-refractivity contribution >= 4 is 35.1 Å². The molecule has 0 spiro atoms. The topological polar surface area (TPSA) is 87.1 Å². The number of amides is 1. The highest BCUT2D eigenvalue weighted by molar-refractivity contribution is 5.94. The van der Waals surface area contributed by atoms with E-state index in [1.54, 1.807) is 18.2 Å². The van der Waals surface area contributed by atoms with Gasteiger partial charge in [0.15, 0.2) is 5.58 Å². The van der Waals surface area contributed by atoms with Crippen LogP contribution in [0.2, 0.25) is 0 Å². The first-order valence-corrected chi connectivity index (χ1v) is 6.37. The van der Waals surface area contributed by atoms with E-state index in [1.165, 1.54) is 0 Å². The predicted octanol–water partition coefficient (Wildman–Crippen LogP) is 1.48. The first kappa shape index (κ1) is 14.6. The lowest BCUT2D eigenvalue weighted by molar-refractivity contribution is -0.120. The molecule has 1 aromatic heterocycles. The first-order chi connectivity index (χ1) is 9.22. The molecule has 108 valence electrons. The van der Waals surface area contributed by atoms with Crippen molar-refractivity contribution < 1.29 is 9.21 Å². The first-order valence-electron chi connectivity index (χ1n) is 6.37. The molecule has 0 saturated carbocycles. The van der Waals surface area contributed by atoms with Crippen molar-refractivity contribution in [3.8, 4) is 0 Å². The predicted molar refractivity (Wildman–Crippen MR) is 78.3 cm³/mol. The molecule has 0 atom stereocenters. The number of piperidine rings is 1. The summed E-state index contributed by atoms with van der Waals surface area (Å²) in [5.41, 5.74) is 1.76. The lowest BCUT2D eigenvalue weighted by atomic mass is 9.97. The molecule has 1 amide bonds. The Labute approximate surface area is 121 Å². The summed E-state index contributed by atoms with van der Waals surface area (Å²) in [7, 11) is 0. The molecule has 1 saturated heterocycles. The average Bonchev–Trinajstić information content (AvgIpc) is 2.79. The number of oxazole rings is 1. The van der Waals surface area contributed by atoms with Crippen LogP contribution in [0.3, 0.4) is 0 Å². The molecule has 0 unspecified atom stereocenters. The Morgan fingerprint density at radius 1 is 1.30 bits per heavy atom. The van der Waals surface area contributed by atoms with E-state index < -0.39 is 5.76 Å². The van der Waals surface area contributed by atoms with Crippen molar-refractivity contribution in [2.24, 2.45) is 5.92 Å². The van der Waals surface area contributed by atoms with Crippen LogP contribution in [0.25, 0.3) is 11.1 Å². The largest absolute Gasteiger partial charge is 0.417 e. The Bertz CT molecular complexity index is 658. The minimum absolute atomic E-state index is 0. The van der Waals surface area contributed by atoms with Crippen LogP contribution in [-0.2, 0) is 4.79 Å². The highest BCUT2D eigenvalue weighted by Crippen LogP contribution is 2.19. The standard InChI is InChI=1S/C13H15N3O3.ClH/c17-12(8-3-5-14-6-4-8)15-9-1-2-11-10(7-9)16-13(18)19-11;/h1-2,7-8,14H,3-6H2,(H,15,17)(H,16,18);1H. The second-order valence-electron chi connectivity index (χ2n) is 4.74. The molecular formula is C13H16ClN3O3. The Hall–Kier alpha value is -1.79. The fraction of sp³-hybridized carbons (Fsp3) is 0.385. The highest BCUT2D eigenvalue weighted by Gasteiger charge is 2.20. The van der Waals surface area contributed by atoms with Gasteiger partial charge >= 0.3 is 5.76 Å². The molecule has 1 aromatic carbocycles. The Balaban J connectivity index is 0.00000147. The highest BCUT2D eigenvalue weighted by atomic mass is 35.5. The van der Waals surface area contributed by atoms with Crippen molar-refractivity contribution in [2.45, 2.75) is 12.8 Å². The maximum absolute atomic E-state index is 12.1. The molecule has 0 bridgehead atoms. The number of H-pyrrole nitrogens is 1. The van der Waals surface area contributed by atoms with Crippen LogP contribution in [0.5, 0.6) is 0 Å². The zero-order chi connectivity index (χ0) is 13.2. The van der Waals surface area contributed by atoms with Crippen molar-refractivity contribution in [3.05, 3.63) is 28.7 Å². The van der Waals surface area contributed by atoms with Crippen LogP contribution in [0.4, 0.5) is 5.69 Å². The van der Waals surface area contributed by atoms with Gasteiger partial charge in [0.25, 0.3) is 0 Å². The van der Waals surface area contributed by atoms with E-state index in [2.05, 4.69) is 15.6 Å². The summed E-state index contributed by atoms with van der Waals surface area (Å²) in [6.07, 6.45) is 1.72. The Morgan fingerprint density at radius 3 is 2.80 bits per heavy atom. The van der Waals surface area contributed by atoms with E-state index in [1.807, 2.05) is 0 Å². The number of carbonyl (C=O) groups excluding carboxylic acids is 1. The van der Waals surface area contributed by atoms with Crippen molar-refractivity contribution in [1.29, 1.82) is 0 Å². The van der Waals surface area contributed by atoms with Gasteiger partial charge in [-0.1, -0.05) is 0 Å². The second kappa shape index (κ2) is 6.11. The lowest BCUT2D eigenvalue weighted by Crippen LogP contribution is -2.34. The van der Waals surface area contributed by atoms with Gasteiger partial charge in [0, 0.05) is 11.6 Å². The molecule has 0 aliphatic carbocycles. The van der Waals surface area contributed by atoms with Gasteiger partial charge < -0.3 is 15.1 Å². The average molecular weight is 298 g/mol. The summed E-state index contributed by atoms with van der Waals surface area (Å²) in [5, 5.41) is 6.11. The number of fused-ring (bicyclic) bond motifs is 1. The molecule has 6 nitrogen and oxygen atoms in total. The number of hydrogen-bond donors (Lipinski definition) is 3. The van der Waals surface area contributed by atoms with E-state index in [-0.39, 0.29) is 24.2 Å². The lowest BCUT2D eigenvalue weighted by Gasteiger charge is -2.21. The summed E-state index contributed by atoms with van der Waals surface area (Å²) in [4.78, 5) is 25.7. The number of hydrogen-bond acceptors (Lipinski definition) is 4. The van der Waals surface area contributed by atoms with Gasteiger partial charge in [0.05, 0.1) is 5.52 Å². The van der Waals surface area contributed by atoms with Gasteiger partial charge in [-0.3, -0.25) is 9.78 Å². The molecule has 1 fully saturated rings. The third-order valence-corrected chi connectivity index (χ3v) is 3.40. The fourth-order valence-corrected chi connectivity index (χ4v) is 2.36. The summed E-state index contributed by atoms with van der Waals surface area (Å²) in [6, 6.07) is 5.11. The molecule has 0 radical (unpaired) electrons. The molecule has 20 heavy (non-hydrogen) atoms. The summed E-state index contributed by atoms with van der Waals surface area (Å²) < 4.78 is 4.91. The minimum atomic E-state index is -0.489. The SMILES string of the molecule is Cl.O=C(Nc1ccc2oc(=O)[nH]c2c1)C1CCNCC1. The van der Waals surface area contributed by atoms with Crippen LogP contribution in [0.1, 0.15) is 12.8 Å². The fourth-order valence-electron chi connectivity index (χ4n) is 2.36. The number of halogens is 1. The summed E-state index contributed by atoms with van der Waals surface area (Å²) >= 11 is 0. The number of aromatic amines is 1. The number of aromatic nitrogens is 1. The molecular weight excluding hydrogens is 282 g/mol. The third-order valence-electron chi connectivity index (χ3n) is 3.40. The van der Waals surface area contributed by atoms with Gasteiger partial charge in [0.2, 0.25) is 5.91 Å². The summed E-state index contributed by atoms with van der Waals surface area (Å²) in [6.45, 7) is 1.76. The molecule has 2 aromatic rings. The van der Waals surface area contributed by atoms with Crippen molar-refractivity contribution in [3.63, 3.8) is 0 Å². The van der Waals surface area contributed by atoms with Gasteiger partial charge in [-0.2, -0.15) is 0 Å². The quantitative estimate of drug-likeness (QED) is 0.783. The minimum Gasteiger partial charge on any atom is -0.408 e. The molecule has 1 aliphatic heterocycles. The smallest absolute Gasteiger partial charge is 0.408 e. The van der Waals surface area contributed by atoms with Gasteiger partial charge in [-0.25, -0.2) is 4.79 Å². The van der Waals surface area contributed by atoms with Crippen LogP contribution < -0.4 is 16.4 Å². The molecule has 3 N–H and O–H groups in total. The van der Waals surface area contributed by atoms with E-state index >= 15 is 0 Å². The molecule has 1 aliphatic rings. The maximum atomic E-state index is 12.1. The molecule has 2 heterocycles. The number of carbonyl (C=O) groups is 1. The zero-order valence-corrected chi connectivity index (χ0v) is 11.6. The van der Waals surface area contributed by atoms with Crippen LogP contribution in [0, 0.1) is 5.92 Å². The number of rotatable bonds is 2. The van der Waals surface area contributed by atoms with Gasteiger partial charge in [-0.05, 0) is 44.1 Å². The van der Waals surface area contributed by atoms with Gasteiger partial charge in [0.1, 0.15) is 0 Å². The van der Waals surface area contributed by atoms with Crippen molar-refractivity contribution in [2.75, 3.05) is 18.4 Å². The normalized spacial score (nSPS) is 15.8. The second-order valence-corrected chi connectivity index (χ2v) is 4.74. The third kappa shape index (κ3) is 3.02. The van der Waals surface area contributed by atoms with Crippen LogP contribution in [0.15, 0.2) is 27.4 Å². The van der Waals surface area contributed by atoms with Crippen LogP contribution >= 0.6 is 12.4 Å². The molecule has 3 rings (SSSR count). The zero-order valence-electron chi connectivity index (χ0n) is 10.8. The number of benzene rings is 1. The number of nitrogens with one attached hydrogen (secondary N) is 3. The monoisotopic (exact) mass is 297 g/mol. The Kier molecular flexibility index (Phi) is 4.46. The Morgan fingerprint density at radius 2 is 2.05 bits per heavy atom. The van der Waals surface area contributed by atoms with Crippen LogP contribution in [-0.4, -0.2) is 24.0 Å². The molecule has 7 heteroatoms. The van der Waals surface area contributed by atoms with E-state index in [9.17, 15) is 9.59 Å².